The molecule has 0 heterocycles. The average Bonchev–Trinajstić information content (AvgIpc) is 2.37. The van der Waals surface area contributed by atoms with E-state index in [0.29, 0.717) is 5.56 Å². The summed E-state index contributed by atoms with van der Waals surface area (Å²) in [6.07, 6.45) is 0. The summed E-state index contributed by atoms with van der Waals surface area (Å²) in [4.78, 5) is -0.216. The largest absolute Gasteiger partial charge is 0.398 e. The highest BCUT2D eigenvalue weighted by molar-refractivity contribution is 7.89. The van der Waals surface area contributed by atoms with Gasteiger partial charge in [0.05, 0.1) is 5.69 Å². The molecule has 1 unspecified atom stereocenters. The molecule has 0 saturated heterocycles. The Morgan fingerprint density at radius 3 is 2.38 bits per heavy atom. The van der Waals surface area contributed by atoms with Crippen LogP contribution in [0.2, 0.25) is 0 Å². The van der Waals surface area contributed by atoms with Crippen LogP contribution in [0.1, 0.15) is 18.5 Å². The Kier molecular flexibility index (Phi) is 4.24. The fourth-order valence-corrected chi connectivity index (χ4v) is 3.25. The van der Waals surface area contributed by atoms with Gasteiger partial charge in [0.1, 0.15) is 16.5 Å². The monoisotopic (exact) mass is 312 g/mol. The summed E-state index contributed by atoms with van der Waals surface area (Å²) in [7, 11) is -3.93. The summed E-state index contributed by atoms with van der Waals surface area (Å²) in [5.41, 5.74) is 5.81. The first kappa shape index (κ1) is 15.4. The molecule has 0 fully saturated rings. The normalized spacial score (nSPS) is 13.1. The number of nitrogens with two attached hydrogens (primary N) is 1. The molecule has 0 aromatic heterocycles. The summed E-state index contributed by atoms with van der Waals surface area (Å²) in [5.74, 6) is -1.08. The van der Waals surface area contributed by atoms with Crippen molar-refractivity contribution in [3.8, 4) is 0 Å². The van der Waals surface area contributed by atoms with Crippen LogP contribution >= 0.6 is 0 Å². The van der Waals surface area contributed by atoms with Gasteiger partial charge in [0.25, 0.3) is 0 Å². The van der Waals surface area contributed by atoms with Crippen LogP contribution in [-0.2, 0) is 10.0 Å². The van der Waals surface area contributed by atoms with Crippen molar-refractivity contribution >= 4 is 15.7 Å². The van der Waals surface area contributed by atoms with Crippen molar-refractivity contribution in [1.29, 1.82) is 0 Å². The van der Waals surface area contributed by atoms with Crippen molar-refractivity contribution in [2.75, 3.05) is 5.73 Å². The second kappa shape index (κ2) is 5.79. The van der Waals surface area contributed by atoms with E-state index in [0.717, 1.165) is 18.2 Å². The number of nitrogens with one attached hydrogen (secondary N) is 1. The van der Waals surface area contributed by atoms with E-state index in [9.17, 15) is 17.2 Å². The first-order valence-electron chi connectivity index (χ1n) is 6.12. The lowest BCUT2D eigenvalue weighted by molar-refractivity contribution is 0.564. The van der Waals surface area contributed by atoms with Gasteiger partial charge in [0.15, 0.2) is 0 Å². The van der Waals surface area contributed by atoms with Crippen molar-refractivity contribution in [1.82, 2.24) is 4.72 Å². The Hall–Kier alpha value is -1.99. The maximum absolute atomic E-state index is 13.2. The van der Waals surface area contributed by atoms with E-state index in [2.05, 4.69) is 4.72 Å². The van der Waals surface area contributed by atoms with Gasteiger partial charge >= 0.3 is 0 Å². The van der Waals surface area contributed by atoms with Crippen LogP contribution in [0, 0.1) is 11.6 Å². The van der Waals surface area contributed by atoms with Crippen LogP contribution in [0.3, 0.4) is 0 Å². The van der Waals surface area contributed by atoms with E-state index >= 15 is 0 Å². The molecule has 21 heavy (non-hydrogen) atoms. The molecule has 112 valence electrons. The lowest BCUT2D eigenvalue weighted by atomic mass is 10.1. The predicted molar refractivity (Wildman–Crippen MR) is 75.9 cm³/mol. The molecular formula is C14H14F2N2O2S. The molecule has 4 nitrogen and oxygen atoms in total. The number of nitrogen functional groups attached to an aromatic ring is 1. The third kappa shape index (κ3) is 3.56. The zero-order valence-electron chi connectivity index (χ0n) is 11.2. The molecule has 1 atom stereocenters. The molecule has 0 spiro atoms. The molecule has 0 aliphatic carbocycles. The maximum Gasteiger partial charge on any atom is 0.243 e. The lowest BCUT2D eigenvalue weighted by Crippen LogP contribution is -2.27. The van der Waals surface area contributed by atoms with Crippen LogP contribution in [0.4, 0.5) is 14.5 Å². The topological polar surface area (TPSA) is 72.2 Å². The third-order valence-electron chi connectivity index (χ3n) is 2.94. The molecule has 0 bridgehead atoms. The number of hydrogen-bond acceptors (Lipinski definition) is 3. The minimum Gasteiger partial charge on any atom is -0.398 e. The summed E-state index contributed by atoms with van der Waals surface area (Å²) >= 11 is 0. The summed E-state index contributed by atoms with van der Waals surface area (Å²) in [5, 5.41) is 0. The van der Waals surface area contributed by atoms with Gasteiger partial charge in [0, 0.05) is 6.04 Å². The van der Waals surface area contributed by atoms with E-state index in [1.54, 1.807) is 13.0 Å². The smallest absolute Gasteiger partial charge is 0.243 e. The highest BCUT2D eigenvalue weighted by Gasteiger charge is 2.21. The van der Waals surface area contributed by atoms with E-state index in [-0.39, 0.29) is 10.6 Å². The lowest BCUT2D eigenvalue weighted by Gasteiger charge is -2.15. The Labute approximate surface area is 121 Å². The van der Waals surface area contributed by atoms with Crippen LogP contribution in [0.25, 0.3) is 0 Å². The van der Waals surface area contributed by atoms with Gasteiger partial charge in [-0.1, -0.05) is 12.1 Å². The minimum absolute atomic E-state index is 0.186. The molecule has 0 radical (unpaired) electrons. The van der Waals surface area contributed by atoms with Gasteiger partial charge in [0.2, 0.25) is 10.0 Å². The molecule has 2 aromatic rings. The number of halogens is 2. The number of hydrogen-bond donors (Lipinski definition) is 2. The van der Waals surface area contributed by atoms with E-state index in [1.807, 2.05) is 0 Å². The standard InChI is InChI=1S/C14H14F2N2O2S/c1-9(10-3-2-4-11(15)7-10)18-21(19,20)14-6-5-12(16)8-13(14)17/h2-9,18H,17H2,1H3. The third-order valence-corrected chi connectivity index (χ3v) is 4.56. The molecular weight excluding hydrogens is 298 g/mol. The van der Waals surface area contributed by atoms with Crippen molar-refractivity contribution in [3.05, 3.63) is 59.7 Å². The number of anilines is 1. The second-order valence-electron chi connectivity index (χ2n) is 4.58. The highest BCUT2D eigenvalue weighted by Crippen LogP contribution is 2.22. The van der Waals surface area contributed by atoms with Crippen LogP contribution in [0.5, 0.6) is 0 Å². The maximum atomic E-state index is 13.2. The first-order valence-corrected chi connectivity index (χ1v) is 7.61. The Balaban J connectivity index is 2.29. The molecule has 0 saturated carbocycles. The Morgan fingerprint density at radius 2 is 1.76 bits per heavy atom. The molecule has 0 aliphatic rings. The Bertz CT molecular complexity index is 763. The molecule has 2 rings (SSSR count). The van der Waals surface area contributed by atoms with Crippen molar-refractivity contribution in [3.63, 3.8) is 0 Å². The summed E-state index contributed by atoms with van der Waals surface area (Å²) in [6, 6.07) is 7.97. The molecule has 7 heteroatoms. The average molecular weight is 312 g/mol. The predicted octanol–water partition coefficient (Wildman–Crippen LogP) is 2.59. The molecule has 0 aliphatic heterocycles. The van der Waals surface area contributed by atoms with Gasteiger partial charge in [-0.15, -0.1) is 0 Å². The SMILES string of the molecule is CC(NS(=O)(=O)c1ccc(F)cc1N)c1cccc(F)c1. The fraction of sp³-hybridized carbons (Fsp3) is 0.143. The van der Waals surface area contributed by atoms with E-state index in [4.69, 9.17) is 5.73 Å². The van der Waals surface area contributed by atoms with Crippen LogP contribution in [-0.4, -0.2) is 8.42 Å². The summed E-state index contributed by atoms with van der Waals surface area (Å²) in [6.45, 7) is 1.58. The number of sulfonamides is 1. The van der Waals surface area contributed by atoms with E-state index < -0.39 is 27.7 Å². The summed E-state index contributed by atoms with van der Waals surface area (Å²) < 4.78 is 53.0. The van der Waals surface area contributed by atoms with Gasteiger partial charge < -0.3 is 5.73 Å². The van der Waals surface area contributed by atoms with Crippen LogP contribution < -0.4 is 10.5 Å². The van der Waals surface area contributed by atoms with Crippen molar-refractivity contribution in [2.24, 2.45) is 0 Å². The van der Waals surface area contributed by atoms with Gasteiger partial charge in [-0.2, -0.15) is 0 Å². The number of rotatable bonds is 4. The van der Waals surface area contributed by atoms with Crippen molar-refractivity contribution in [2.45, 2.75) is 17.9 Å². The zero-order valence-corrected chi connectivity index (χ0v) is 12.0. The first-order chi connectivity index (χ1) is 9.79. The quantitative estimate of drug-likeness (QED) is 0.852. The molecule has 2 aromatic carbocycles. The second-order valence-corrected chi connectivity index (χ2v) is 6.26. The fourth-order valence-electron chi connectivity index (χ4n) is 1.90. The van der Waals surface area contributed by atoms with Crippen molar-refractivity contribution < 1.29 is 17.2 Å². The molecule has 3 N–H and O–H groups in total. The van der Waals surface area contributed by atoms with Gasteiger partial charge in [-0.05, 0) is 42.8 Å². The highest BCUT2D eigenvalue weighted by atomic mass is 32.2. The zero-order chi connectivity index (χ0) is 15.6. The Morgan fingerprint density at radius 1 is 1.10 bits per heavy atom. The molecule has 0 amide bonds. The van der Waals surface area contributed by atoms with Crippen LogP contribution in [0.15, 0.2) is 47.4 Å². The minimum atomic E-state index is -3.93. The number of benzene rings is 2. The van der Waals surface area contributed by atoms with Gasteiger partial charge in [-0.3, -0.25) is 0 Å². The van der Waals surface area contributed by atoms with E-state index in [1.165, 1.54) is 18.2 Å². The van der Waals surface area contributed by atoms with Gasteiger partial charge in [-0.25, -0.2) is 21.9 Å².